The summed E-state index contributed by atoms with van der Waals surface area (Å²) in [6.45, 7) is 5.83. The van der Waals surface area contributed by atoms with Crippen molar-refractivity contribution in [3.63, 3.8) is 0 Å². The van der Waals surface area contributed by atoms with Crippen LogP contribution >= 0.6 is 0 Å². The molecule has 0 radical (unpaired) electrons. The van der Waals surface area contributed by atoms with Crippen LogP contribution in [0.5, 0.6) is 0 Å². The average molecular weight is 416 g/mol. The lowest BCUT2D eigenvalue weighted by Gasteiger charge is -2.09. The fraction of sp³-hybridized carbons (Fsp3) is 0.136. The molecule has 8 nitrogen and oxygen atoms in total. The molecule has 2 aromatic heterocycles. The Labute approximate surface area is 178 Å². The first-order chi connectivity index (χ1) is 15.0. The highest BCUT2D eigenvalue weighted by molar-refractivity contribution is 5.80. The molecule has 2 N–H and O–H groups in total. The molecule has 2 heterocycles. The maximum atomic E-state index is 13.8. The molecule has 0 aliphatic heterocycles. The molecule has 2 aromatic carbocycles. The predicted molar refractivity (Wildman–Crippen MR) is 119 cm³/mol. The molecule has 31 heavy (non-hydrogen) atoms. The van der Waals surface area contributed by atoms with Crippen molar-refractivity contribution in [1.29, 1.82) is 0 Å². The normalized spacial score (nSPS) is 11.1. The number of rotatable bonds is 6. The van der Waals surface area contributed by atoms with Crippen LogP contribution in [0.3, 0.4) is 0 Å². The van der Waals surface area contributed by atoms with Gasteiger partial charge in [0.2, 0.25) is 11.9 Å². The molecule has 4 rings (SSSR count). The first-order valence-corrected chi connectivity index (χ1v) is 9.65. The lowest BCUT2D eigenvalue weighted by atomic mass is 10.2. The number of anilines is 3. The molecule has 0 aliphatic carbocycles. The summed E-state index contributed by atoms with van der Waals surface area (Å²) in [5.41, 5.74) is 6.80. The van der Waals surface area contributed by atoms with Crippen molar-refractivity contribution >= 4 is 23.8 Å². The highest BCUT2D eigenvalue weighted by Crippen LogP contribution is 2.17. The summed E-state index contributed by atoms with van der Waals surface area (Å²) in [7, 11) is 0. The Hall–Kier alpha value is -4.14. The molecule has 0 fully saturated rings. The van der Waals surface area contributed by atoms with Crippen LogP contribution in [-0.4, -0.2) is 30.9 Å². The number of hydrazone groups is 1. The summed E-state index contributed by atoms with van der Waals surface area (Å²) >= 11 is 0. The van der Waals surface area contributed by atoms with E-state index in [0.717, 1.165) is 22.6 Å². The first kappa shape index (κ1) is 20.1. The Kier molecular flexibility index (Phi) is 5.65. The van der Waals surface area contributed by atoms with Crippen molar-refractivity contribution in [2.45, 2.75) is 20.8 Å². The molecule has 4 aromatic rings. The summed E-state index contributed by atoms with van der Waals surface area (Å²) in [6, 6.07) is 16.1. The minimum absolute atomic E-state index is 0.194. The zero-order chi connectivity index (χ0) is 21.8. The van der Waals surface area contributed by atoms with E-state index in [0.29, 0.717) is 17.5 Å². The predicted octanol–water partition coefficient (Wildman–Crippen LogP) is 4.31. The third-order valence-electron chi connectivity index (χ3n) is 4.40. The van der Waals surface area contributed by atoms with Crippen LogP contribution < -0.4 is 10.7 Å². The SMILES string of the molecule is Cc1ccc(Nc2nc(NN=Cc3ccccc3F)nc(-n3nc(C)cc3C)n2)cc1. The van der Waals surface area contributed by atoms with Gasteiger partial charge < -0.3 is 5.32 Å². The van der Waals surface area contributed by atoms with Crippen molar-refractivity contribution < 1.29 is 4.39 Å². The highest BCUT2D eigenvalue weighted by Gasteiger charge is 2.12. The highest BCUT2D eigenvalue weighted by atomic mass is 19.1. The largest absolute Gasteiger partial charge is 0.324 e. The van der Waals surface area contributed by atoms with Crippen LogP contribution in [0.15, 0.2) is 59.7 Å². The molecule has 0 spiro atoms. The number of benzene rings is 2. The van der Waals surface area contributed by atoms with E-state index in [-0.39, 0.29) is 11.8 Å². The van der Waals surface area contributed by atoms with Crippen LogP contribution in [-0.2, 0) is 0 Å². The zero-order valence-electron chi connectivity index (χ0n) is 17.3. The maximum Gasteiger partial charge on any atom is 0.257 e. The fourth-order valence-electron chi connectivity index (χ4n) is 2.90. The Morgan fingerprint density at radius 2 is 1.68 bits per heavy atom. The summed E-state index contributed by atoms with van der Waals surface area (Å²) in [6.07, 6.45) is 1.37. The second-order valence-corrected chi connectivity index (χ2v) is 7.00. The number of aromatic nitrogens is 5. The summed E-state index contributed by atoms with van der Waals surface area (Å²) in [5, 5.41) is 11.7. The molecule has 0 aliphatic rings. The molecular formula is C22H21FN8. The van der Waals surface area contributed by atoms with Crippen LogP contribution in [0.2, 0.25) is 0 Å². The Bertz CT molecular complexity index is 1230. The minimum Gasteiger partial charge on any atom is -0.324 e. The van der Waals surface area contributed by atoms with Gasteiger partial charge in [0.05, 0.1) is 11.9 Å². The number of nitrogens with one attached hydrogen (secondary N) is 2. The fourth-order valence-corrected chi connectivity index (χ4v) is 2.90. The van der Waals surface area contributed by atoms with Crippen molar-refractivity contribution in [3.8, 4) is 5.95 Å². The van der Waals surface area contributed by atoms with E-state index < -0.39 is 0 Å². The Morgan fingerprint density at radius 3 is 2.39 bits per heavy atom. The van der Waals surface area contributed by atoms with E-state index in [2.05, 4.69) is 35.9 Å². The van der Waals surface area contributed by atoms with Gasteiger partial charge in [-0.15, -0.1) is 0 Å². The summed E-state index contributed by atoms with van der Waals surface area (Å²) in [4.78, 5) is 13.3. The molecule has 0 amide bonds. The van der Waals surface area contributed by atoms with Crippen LogP contribution in [0.4, 0.5) is 22.0 Å². The monoisotopic (exact) mass is 416 g/mol. The van der Waals surface area contributed by atoms with Gasteiger partial charge in [0.25, 0.3) is 5.95 Å². The smallest absolute Gasteiger partial charge is 0.257 e. The zero-order valence-corrected chi connectivity index (χ0v) is 17.3. The molecular weight excluding hydrogens is 395 g/mol. The van der Waals surface area contributed by atoms with Gasteiger partial charge in [-0.05, 0) is 45.0 Å². The number of aryl methyl sites for hydroxylation is 3. The van der Waals surface area contributed by atoms with E-state index in [4.69, 9.17) is 0 Å². The van der Waals surface area contributed by atoms with Crippen LogP contribution in [0.25, 0.3) is 5.95 Å². The second-order valence-electron chi connectivity index (χ2n) is 7.00. The van der Waals surface area contributed by atoms with Gasteiger partial charge in [-0.2, -0.15) is 25.2 Å². The van der Waals surface area contributed by atoms with Crippen molar-refractivity contribution in [3.05, 3.63) is 82.9 Å². The molecule has 0 unspecified atom stereocenters. The Balaban J connectivity index is 1.66. The number of halogens is 1. The lowest BCUT2D eigenvalue weighted by molar-refractivity contribution is 0.626. The summed E-state index contributed by atoms with van der Waals surface area (Å²) < 4.78 is 15.4. The Morgan fingerprint density at radius 1 is 0.935 bits per heavy atom. The van der Waals surface area contributed by atoms with Gasteiger partial charge in [0, 0.05) is 16.9 Å². The first-order valence-electron chi connectivity index (χ1n) is 9.65. The third kappa shape index (κ3) is 4.89. The van der Waals surface area contributed by atoms with E-state index in [9.17, 15) is 4.39 Å². The van der Waals surface area contributed by atoms with E-state index in [1.807, 2.05) is 51.1 Å². The number of nitrogens with zero attached hydrogens (tertiary/aromatic N) is 6. The maximum absolute atomic E-state index is 13.8. The standard InChI is InChI=1S/C22H21FN8/c1-14-8-10-18(11-9-14)25-20-26-21(29-24-13-17-6-4-5-7-19(17)23)28-22(27-20)31-16(3)12-15(2)30-31/h4-13H,1-3H3,(H2,25,26,27,28,29). The van der Waals surface area contributed by atoms with Crippen molar-refractivity contribution in [1.82, 2.24) is 24.7 Å². The summed E-state index contributed by atoms with van der Waals surface area (Å²) in [5.74, 6) is 0.484. The second kappa shape index (κ2) is 8.70. The van der Waals surface area contributed by atoms with Gasteiger partial charge in [0.1, 0.15) is 5.82 Å². The van der Waals surface area contributed by atoms with Gasteiger partial charge in [-0.1, -0.05) is 35.9 Å². The quantitative estimate of drug-likeness (QED) is 0.359. The van der Waals surface area contributed by atoms with E-state index in [1.54, 1.807) is 22.9 Å². The topological polar surface area (TPSA) is 92.9 Å². The van der Waals surface area contributed by atoms with Gasteiger partial charge in [0.15, 0.2) is 0 Å². The number of hydrogen-bond donors (Lipinski definition) is 2. The number of hydrogen-bond acceptors (Lipinski definition) is 7. The molecule has 9 heteroatoms. The molecule has 0 bridgehead atoms. The molecule has 156 valence electrons. The third-order valence-corrected chi connectivity index (χ3v) is 4.40. The van der Waals surface area contributed by atoms with Crippen molar-refractivity contribution in [2.24, 2.45) is 5.10 Å². The van der Waals surface area contributed by atoms with Gasteiger partial charge >= 0.3 is 0 Å². The molecule has 0 saturated carbocycles. The van der Waals surface area contributed by atoms with Crippen molar-refractivity contribution in [2.75, 3.05) is 10.7 Å². The van der Waals surface area contributed by atoms with Crippen LogP contribution in [0.1, 0.15) is 22.5 Å². The van der Waals surface area contributed by atoms with Crippen LogP contribution in [0, 0.1) is 26.6 Å². The van der Waals surface area contributed by atoms with Gasteiger partial charge in [-0.3, -0.25) is 0 Å². The average Bonchev–Trinajstić information content (AvgIpc) is 3.09. The van der Waals surface area contributed by atoms with E-state index >= 15 is 0 Å². The lowest BCUT2D eigenvalue weighted by Crippen LogP contribution is -2.11. The van der Waals surface area contributed by atoms with Gasteiger partial charge in [-0.25, -0.2) is 14.5 Å². The molecule has 0 atom stereocenters. The molecule has 0 saturated heterocycles. The minimum atomic E-state index is -0.367. The van der Waals surface area contributed by atoms with E-state index in [1.165, 1.54) is 12.3 Å².